The van der Waals surface area contributed by atoms with Crippen LogP contribution in [0.1, 0.15) is 17.3 Å². The number of hydrogen-bond donors (Lipinski definition) is 1. The average molecular weight is 220 g/mol. The van der Waals surface area contributed by atoms with Crippen molar-refractivity contribution in [2.75, 3.05) is 12.8 Å². The lowest BCUT2D eigenvalue weighted by Gasteiger charge is -2.10. The highest BCUT2D eigenvalue weighted by Gasteiger charge is 2.10. The van der Waals surface area contributed by atoms with Crippen LogP contribution in [0.5, 0.6) is 5.75 Å². The predicted octanol–water partition coefficient (Wildman–Crippen LogP) is 1.35. The number of carbonyl (C=O) groups excluding carboxylic acids is 1. The topological polar surface area (TPSA) is 85.3 Å². The maximum Gasteiger partial charge on any atom is 0.337 e. The molecular formula is C11H12N2O3. The number of esters is 1. The molecule has 84 valence electrons. The summed E-state index contributed by atoms with van der Waals surface area (Å²) in [7, 11) is 1.29. The van der Waals surface area contributed by atoms with E-state index in [4.69, 9.17) is 15.7 Å². The van der Waals surface area contributed by atoms with Gasteiger partial charge in [-0.05, 0) is 25.1 Å². The zero-order valence-electron chi connectivity index (χ0n) is 9.06. The fourth-order valence-corrected chi connectivity index (χ4v) is 1.12. The third-order valence-corrected chi connectivity index (χ3v) is 1.92. The minimum Gasteiger partial charge on any atom is -0.474 e. The summed E-state index contributed by atoms with van der Waals surface area (Å²) in [5, 5.41) is 8.58. The highest BCUT2D eigenvalue weighted by atomic mass is 16.5. The molecule has 0 aliphatic rings. The number of nitriles is 1. The van der Waals surface area contributed by atoms with Crippen LogP contribution in [-0.2, 0) is 4.74 Å². The number of ether oxygens (including phenoxy) is 2. The lowest BCUT2D eigenvalue weighted by molar-refractivity contribution is 0.0601. The first-order valence-corrected chi connectivity index (χ1v) is 4.62. The predicted molar refractivity (Wildman–Crippen MR) is 57.9 cm³/mol. The molecule has 0 saturated heterocycles. The Bertz CT molecular complexity index is 437. The van der Waals surface area contributed by atoms with Crippen molar-refractivity contribution in [1.82, 2.24) is 0 Å². The van der Waals surface area contributed by atoms with Gasteiger partial charge in [-0.15, -0.1) is 0 Å². The molecule has 0 aromatic heterocycles. The highest BCUT2D eigenvalue weighted by molar-refractivity contribution is 5.90. The number of carbonyl (C=O) groups is 1. The van der Waals surface area contributed by atoms with Crippen LogP contribution in [0, 0.1) is 11.3 Å². The smallest absolute Gasteiger partial charge is 0.337 e. The van der Waals surface area contributed by atoms with Crippen molar-refractivity contribution < 1.29 is 14.3 Å². The van der Waals surface area contributed by atoms with E-state index in [2.05, 4.69) is 4.74 Å². The minimum absolute atomic E-state index is 0.296. The Morgan fingerprint density at radius 2 is 2.25 bits per heavy atom. The summed E-state index contributed by atoms with van der Waals surface area (Å²) in [5.41, 5.74) is 6.32. The fourth-order valence-electron chi connectivity index (χ4n) is 1.12. The third-order valence-electron chi connectivity index (χ3n) is 1.92. The van der Waals surface area contributed by atoms with Gasteiger partial charge in [0, 0.05) is 0 Å². The molecule has 0 saturated carbocycles. The van der Waals surface area contributed by atoms with Crippen LogP contribution in [0.2, 0.25) is 0 Å². The number of hydrogen-bond acceptors (Lipinski definition) is 5. The van der Waals surface area contributed by atoms with Gasteiger partial charge in [0.15, 0.2) is 6.10 Å². The molecule has 0 bridgehead atoms. The van der Waals surface area contributed by atoms with Gasteiger partial charge >= 0.3 is 5.97 Å². The Kier molecular flexibility index (Phi) is 3.72. The molecule has 0 aliphatic heterocycles. The van der Waals surface area contributed by atoms with E-state index >= 15 is 0 Å². The molecule has 1 aromatic rings. The summed E-state index contributed by atoms with van der Waals surface area (Å²) < 4.78 is 9.77. The summed E-state index contributed by atoms with van der Waals surface area (Å²) in [4.78, 5) is 11.2. The monoisotopic (exact) mass is 220 g/mol. The number of rotatable bonds is 3. The average Bonchev–Trinajstić information content (AvgIpc) is 2.30. The molecule has 0 spiro atoms. The van der Waals surface area contributed by atoms with Crippen molar-refractivity contribution >= 4 is 11.7 Å². The SMILES string of the molecule is COC(=O)c1ccc(OC(C)C#N)c(N)c1. The Labute approximate surface area is 93.4 Å². The number of anilines is 1. The van der Waals surface area contributed by atoms with Crippen LogP contribution in [-0.4, -0.2) is 19.2 Å². The Hall–Kier alpha value is -2.22. The van der Waals surface area contributed by atoms with E-state index in [-0.39, 0.29) is 0 Å². The van der Waals surface area contributed by atoms with Gasteiger partial charge in [-0.2, -0.15) is 5.26 Å². The summed E-state index contributed by atoms with van der Waals surface area (Å²) in [5.74, 6) is -0.0896. The van der Waals surface area contributed by atoms with Gasteiger partial charge < -0.3 is 15.2 Å². The molecular weight excluding hydrogens is 208 g/mol. The molecule has 16 heavy (non-hydrogen) atoms. The van der Waals surface area contributed by atoms with Crippen LogP contribution < -0.4 is 10.5 Å². The lowest BCUT2D eigenvalue weighted by Crippen LogP contribution is -2.10. The summed E-state index contributed by atoms with van der Waals surface area (Å²) >= 11 is 0. The Morgan fingerprint density at radius 1 is 1.56 bits per heavy atom. The quantitative estimate of drug-likeness (QED) is 0.613. The summed E-state index contributed by atoms with van der Waals surface area (Å²) in [6.07, 6.45) is -0.591. The van der Waals surface area contributed by atoms with Gasteiger partial charge in [0.1, 0.15) is 11.8 Å². The maximum atomic E-state index is 11.2. The number of nitrogen functional groups attached to an aromatic ring is 1. The molecule has 0 fully saturated rings. The van der Waals surface area contributed by atoms with E-state index in [0.717, 1.165) is 0 Å². The largest absolute Gasteiger partial charge is 0.474 e. The second-order valence-corrected chi connectivity index (χ2v) is 3.13. The standard InChI is InChI=1S/C11H12N2O3/c1-7(6-12)16-10-4-3-8(5-9(10)13)11(14)15-2/h3-5,7H,13H2,1-2H3. The summed E-state index contributed by atoms with van der Waals surface area (Å²) in [6, 6.07) is 6.44. The molecule has 0 radical (unpaired) electrons. The summed E-state index contributed by atoms with van der Waals surface area (Å²) in [6.45, 7) is 1.60. The van der Waals surface area contributed by atoms with Crippen molar-refractivity contribution in [2.24, 2.45) is 0 Å². The maximum absolute atomic E-state index is 11.2. The third kappa shape index (κ3) is 2.64. The molecule has 1 atom stereocenters. The molecule has 0 aliphatic carbocycles. The molecule has 0 amide bonds. The normalized spacial score (nSPS) is 11.3. The van der Waals surface area contributed by atoms with Gasteiger partial charge in [-0.25, -0.2) is 4.79 Å². The molecule has 1 aromatic carbocycles. The van der Waals surface area contributed by atoms with E-state index in [1.165, 1.54) is 25.3 Å². The molecule has 5 heteroatoms. The first-order valence-electron chi connectivity index (χ1n) is 4.62. The van der Waals surface area contributed by atoms with Crippen LogP contribution in [0.25, 0.3) is 0 Å². The first-order chi connectivity index (χ1) is 7.58. The van der Waals surface area contributed by atoms with Crippen LogP contribution in [0.4, 0.5) is 5.69 Å². The van der Waals surface area contributed by atoms with Crippen molar-refractivity contribution in [1.29, 1.82) is 5.26 Å². The zero-order chi connectivity index (χ0) is 12.1. The number of methoxy groups -OCH3 is 1. The van der Waals surface area contributed by atoms with E-state index in [0.29, 0.717) is 17.0 Å². The Balaban J connectivity index is 2.92. The van der Waals surface area contributed by atoms with E-state index < -0.39 is 12.1 Å². The van der Waals surface area contributed by atoms with Crippen molar-refractivity contribution in [3.05, 3.63) is 23.8 Å². The van der Waals surface area contributed by atoms with Gasteiger partial charge in [0.2, 0.25) is 0 Å². The van der Waals surface area contributed by atoms with Crippen LogP contribution >= 0.6 is 0 Å². The molecule has 1 unspecified atom stereocenters. The van der Waals surface area contributed by atoms with Crippen molar-refractivity contribution in [3.8, 4) is 11.8 Å². The second kappa shape index (κ2) is 5.03. The van der Waals surface area contributed by atoms with E-state index in [9.17, 15) is 4.79 Å². The van der Waals surface area contributed by atoms with E-state index in [1.807, 2.05) is 6.07 Å². The zero-order valence-corrected chi connectivity index (χ0v) is 9.06. The molecule has 5 nitrogen and oxygen atoms in total. The second-order valence-electron chi connectivity index (χ2n) is 3.13. The van der Waals surface area contributed by atoms with Crippen molar-refractivity contribution in [3.63, 3.8) is 0 Å². The van der Waals surface area contributed by atoms with Gasteiger partial charge in [0.25, 0.3) is 0 Å². The van der Waals surface area contributed by atoms with E-state index in [1.54, 1.807) is 6.92 Å². The lowest BCUT2D eigenvalue weighted by atomic mass is 10.2. The van der Waals surface area contributed by atoms with Crippen LogP contribution in [0.3, 0.4) is 0 Å². The molecule has 0 heterocycles. The van der Waals surface area contributed by atoms with Gasteiger partial charge in [-0.3, -0.25) is 0 Å². The van der Waals surface area contributed by atoms with Gasteiger partial charge in [-0.1, -0.05) is 0 Å². The number of nitrogens with zero attached hydrogens (tertiary/aromatic N) is 1. The van der Waals surface area contributed by atoms with Crippen molar-refractivity contribution in [2.45, 2.75) is 13.0 Å². The van der Waals surface area contributed by atoms with Gasteiger partial charge in [0.05, 0.1) is 18.4 Å². The molecule has 1 rings (SSSR count). The first kappa shape index (κ1) is 11.9. The molecule has 2 N–H and O–H groups in total. The fraction of sp³-hybridized carbons (Fsp3) is 0.273. The van der Waals surface area contributed by atoms with Crippen LogP contribution in [0.15, 0.2) is 18.2 Å². The number of nitrogens with two attached hydrogens (primary N) is 1. The minimum atomic E-state index is -0.591. The Morgan fingerprint density at radius 3 is 2.75 bits per heavy atom. The highest BCUT2D eigenvalue weighted by Crippen LogP contribution is 2.23. The number of benzene rings is 1.